The molecule has 11 heteroatoms. The molecule has 4 nitrogen and oxygen atoms in total. The molecule has 2 aromatic rings. The van der Waals surface area contributed by atoms with Gasteiger partial charge < -0.3 is 10.6 Å². The minimum Gasteiger partial charge on any atom is -0.382 e. The first-order valence-corrected chi connectivity index (χ1v) is 9.41. The lowest BCUT2D eigenvalue weighted by molar-refractivity contribution is -0.150. The van der Waals surface area contributed by atoms with Crippen LogP contribution in [0.25, 0.3) is 0 Å². The molecule has 3 rings (SSSR count). The number of aromatic nitrogens is 1. The average Bonchev–Trinajstić information content (AvgIpc) is 2.68. The zero-order valence-electron chi connectivity index (χ0n) is 15.9. The molecule has 0 aliphatic heterocycles. The van der Waals surface area contributed by atoms with Gasteiger partial charge in [0.05, 0.1) is 0 Å². The van der Waals surface area contributed by atoms with E-state index in [1.807, 2.05) is 0 Å². The molecule has 1 aromatic carbocycles. The standard InChI is InChI=1S/C20H18F7N3O/c21-12-3-1-11(2-4-12)18(31)29-14-7-5-13(6-8-14)28-15-9-16(19(22,23)24)30-17(10-15)20(25,26)27/h1-4,9-10,13-14H,5-8H2,(H,28,30)(H,29,31)/t13-,14+. The zero-order chi connectivity index (χ0) is 22.8. The highest BCUT2D eigenvalue weighted by Gasteiger charge is 2.39. The number of alkyl halides is 6. The van der Waals surface area contributed by atoms with Crippen molar-refractivity contribution in [1.82, 2.24) is 10.3 Å². The molecule has 0 bridgehead atoms. The Balaban J connectivity index is 1.61. The Bertz CT molecular complexity index is 886. The molecule has 2 N–H and O–H groups in total. The summed E-state index contributed by atoms with van der Waals surface area (Å²) < 4.78 is 90.5. The van der Waals surface area contributed by atoms with Crippen molar-refractivity contribution in [2.75, 3.05) is 5.32 Å². The molecule has 1 aliphatic rings. The Hall–Kier alpha value is -2.85. The minimum atomic E-state index is -5.01. The van der Waals surface area contributed by atoms with Gasteiger partial charge in [-0.05, 0) is 62.1 Å². The molecule has 1 amide bonds. The number of anilines is 1. The SMILES string of the molecule is O=C(N[C@H]1CC[C@@H](Nc2cc(C(F)(F)F)nc(C(F)(F)F)c2)CC1)c1ccc(F)cc1. The number of nitrogens with zero attached hydrogens (tertiary/aromatic N) is 1. The Kier molecular flexibility index (Phi) is 6.42. The topological polar surface area (TPSA) is 54.0 Å². The van der Waals surface area contributed by atoms with Crippen molar-refractivity contribution >= 4 is 11.6 Å². The molecule has 0 unspecified atom stereocenters. The van der Waals surface area contributed by atoms with E-state index in [1.54, 1.807) is 0 Å². The summed E-state index contributed by atoms with van der Waals surface area (Å²) in [5.74, 6) is -0.850. The molecule has 1 aromatic heterocycles. The van der Waals surface area contributed by atoms with Crippen molar-refractivity contribution in [2.24, 2.45) is 0 Å². The van der Waals surface area contributed by atoms with Crippen molar-refractivity contribution in [2.45, 2.75) is 50.1 Å². The van der Waals surface area contributed by atoms with Gasteiger partial charge in [-0.15, -0.1) is 0 Å². The molecular formula is C20H18F7N3O. The highest BCUT2D eigenvalue weighted by molar-refractivity contribution is 5.94. The summed E-state index contributed by atoms with van der Waals surface area (Å²) in [6, 6.07) is 5.56. The van der Waals surface area contributed by atoms with Gasteiger partial charge in [-0.1, -0.05) is 0 Å². The number of hydrogen-bond donors (Lipinski definition) is 2. The van der Waals surface area contributed by atoms with Crippen LogP contribution >= 0.6 is 0 Å². The molecule has 1 aliphatic carbocycles. The van der Waals surface area contributed by atoms with E-state index in [0.717, 1.165) is 12.1 Å². The van der Waals surface area contributed by atoms with Gasteiger partial charge in [0.25, 0.3) is 5.91 Å². The fourth-order valence-corrected chi connectivity index (χ4v) is 3.39. The van der Waals surface area contributed by atoms with E-state index in [4.69, 9.17) is 0 Å². The monoisotopic (exact) mass is 449 g/mol. The van der Waals surface area contributed by atoms with Crippen LogP contribution in [0.3, 0.4) is 0 Å². The molecule has 0 atom stereocenters. The smallest absolute Gasteiger partial charge is 0.382 e. The first-order chi connectivity index (χ1) is 14.4. The number of carbonyl (C=O) groups is 1. The summed E-state index contributed by atoms with van der Waals surface area (Å²) in [7, 11) is 0. The van der Waals surface area contributed by atoms with Crippen LogP contribution in [0.15, 0.2) is 36.4 Å². The van der Waals surface area contributed by atoms with Crippen molar-refractivity contribution in [1.29, 1.82) is 0 Å². The van der Waals surface area contributed by atoms with Gasteiger partial charge in [0.15, 0.2) is 0 Å². The van der Waals surface area contributed by atoms with E-state index in [-0.39, 0.29) is 29.2 Å². The first-order valence-electron chi connectivity index (χ1n) is 9.41. The van der Waals surface area contributed by atoms with Gasteiger partial charge >= 0.3 is 12.4 Å². The van der Waals surface area contributed by atoms with E-state index < -0.39 is 29.6 Å². The Morgan fingerprint density at radius 1 is 0.839 bits per heavy atom. The second-order valence-corrected chi connectivity index (χ2v) is 7.30. The number of hydrogen-bond acceptors (Lipinski definition) is 3. The maximum atomic E-state index is 12.9. The number of carbonyl (C=O) groups excluding carboxylic acids is 1. The third kappa shape index (κ3) is 6.08. The number of nitrogens with one attached hydrogen (secondary N) is 2. The highest BCUT2D eigenvalue weighted by Crippen LogP contribution is 2.35. The van der Waals surface area contributed by atoms with Gasteiger partial charge in [0.2, 0.25) is 0 Å². The van der Waals surface area contributed by atoms with E-state index in [9.17, 15) is 35.5 Å². The van der Waals surface area contributed by atoms with E-state index in [2.05, 4.69) is 15.6 Å². The Morgan fingerprint density at radius 3 is 1.81 bits per heavy atom. The summed E-state index contributed by atoms with van der Waals surface area (Å²) in [6.07, 6.45) is -8.21. The molecule has 0 radical (unpaired) electrons. The molecule has 31 heavy (non-hydrogen) atoms. The summed E-state index contributed by atoms with van der Waals surface area (Å²) in [4.78, 5) is 14.9. The van der Waals surface area contributed by atoms with E-state index >= 15 is 0 Å². The lowest BCUT2D eigenvalue weighted by Crippen LogP contribution is -2.40. The van der Waals surface area contributed by atoms with E-state index in [0.29, 0.717) is 37.8 Å². The number of amides is 1. The molecule has 168 valence electrons. The maximum absolute atomic E-state index is 12.9. The predicted molar refractivity (Wildman–Crippen MR) is 97.8 cm³/mol. The fraction of sp³-hybridized carbons (Fsp3) is 0.400. The maximum Gasteiger partial charge on any atom is 0.433 e. The van der Waals surface area contributed by atoms with Crippen LogP contribution in [0.1, 0.15) is 47.4 Å². The minimum absolute atomic E-state index is 0.204. The highest BCUT2D eigenvalue weighted by atomic mass is 19.4. The summed E-state index contributed by atoms with van der Waals surface area (Å²) in [5, 5.41) is 5.52. The first kappa shape index (κ1) is 22.8. The quantitative estimate of drug-likeness (QED) is 0.614. The van der Waals surface area contributed by atoms with Crippen molar-refractivity contribution < 1.29 is 35.5 Å². The number of benzene rings is 1. The summed E-state index contributed by atoms with van der Waals surface area (Å²) >= 11 is 0. The van der Waals surface area contributed by atoms with Crippen LogP contribution in [-0.2, 0) is 12.4 Å². The summed E-state index contributed by atoms with van der Waals surface area (Å²) in [5.41, 5.74) is -3.26. The van der Waals surface area contributed by atoms with Gasteiger partial charge in [-0.3, -0.25) is 4.79 Å². The number of rotatable bonds is 4. The van der Waals surface area contributed by atoms with Gasteiger partial charge in [0, 0.05) is 23.3 Å². The number of pyridine rings is 1. The van der Waals surface area contributed by atoms with E-state index in [1.165, 1.54) is 12.1 Å². The lowest BCUT2D eigenvalue weighted by atomic mass is 9.90. The van der Waals surface area contributed by atoms with Crippen LogP contribution in [0.2, 0.25) is 0 Å². The molecule has 1 saturated carbocycles. The van der Waals surface area contributed by atoms with Gasteiger partial charge in [-0.25, -0.2) is 9.37 Å². The van der Waals surface area contributed by atoms with Crippen LogP contribution < -0.4 is 10.6 Å². The Morgan fingerprint density at radius 2 is 1.32 bits per heavy atom. The molecule has 1 heterocycles. The van der Waals surface area contributed by atoms with Crippen molar-refractivity contribution in [3.05, 3.63) is 59.2 Å². The van der Waals surface area contributed by atoms with Crippen LogP contribution in [0.5, 0.6) is 0 Å². The summed E-state index contributed by atoms with van der Waals surface area (Å²) in [6.45, 7) is 0. The second kappa shape index (κ2) is 8.72. The van der Waals surface area contributed by atoms with Gasteiger partial charge in [0.1, 0.15) is 17.2 Å². The lowest BCUT2D eigenvalue weighted by Gasteiger charge is -2.30. The third-order valence-corrected chi connectivity index (χ3v) is 4.95. The fourth-order valence-electron chi connectivity index (χ4n) is 3.39. The molecule has 0 spiro atoms. The second-order valence-electron chi connectivity index (χ2n) is 7.30. The third-order valence-electron chi connectivity index (χ3n) is 4.95. The van der Waals surface area contributed by atoms with Crippen molar-refractivity contribution in [3.63, 3.8) is 0 Å². The zero-order valence-corrected chi connectivity index (χ0v) is 15.9. The Labute approximate surface area is 172 Å². The van der Waals surface area contributed by atoms with Crippen LogP contribution in [0, 0.1) is 5.82 Å². The molecular weight excluding hydrogens is 431 g/mol. The predicted octanol–water partition coefficient (Wildman–Crippen LogP) is 5.41. The average molecular weight is 449 g/mol. The van der Waals surface area contributed by atoms with Crippen molar-refractivity contribution in [3.8, 4) is 0 Å². The number of halogens is 7. The van der Waals surface area contributed by atoms with Crippen LogP contribution in [0.4, 0.5) is 36.4 Å². The molecule has 0 saturated heterocycles. The van der Waals surface area contributed by atoms with Gasteiger partial charge in [-0.2, -0.15) is 26.3 Å². The largest absolute Gasteiger partial charge is 0.433 e. The molecule has 1 fully saturated rings. The normalized spacial score (nSPS) is 19.7. The van der Waals surface area contributed by atoms with Crippen LogP contribution in [-0.4, -0.2) is 23.0 Å².